The van der Waals surface area contributed by atoms with E-state index in [9.17, 15) is 9.59 Å². The number of pyridine rings is 1. The van der Waals surface area contributed by atoms with E-state index >= 15 is 0 Å². The second-order valence-electron chi connectivity index (χ2n) is 7.18. The van der Waals surface area contributed by atoms with E-state index in [1.165, 1.54) is 0 Å². The monoisotopic (exact) mass is 390 g/mol. The highest BCUT2D eigenvalue weighted by Crippen LogP contribution is 2.18. The number of hydrogen-bond acceptors (Lipinski definition) is 3. The van der Waals surface area contributed by atoms with Gasteiger partial charge in [-0.15, -0.1) is 0 Å². The molecule has 0 radical (unpaired) electrons. The Morgan fingerprint density at radius 3 is 2.55 bits per heavy atom. The van der Waals surface area contributed by atoms with E-state index in [1.807, 2.05) is 62.4 Å². The van der Waals surface area contributed by atoms with Gasteiger partial charge >= 0.3 is 0 Å². The molecule has 150 valence electrons. The average Bonchev–Trinajstić information content (AvgIpc) is 2.71. The van der Waals surface area contributed by atoms with Crippen LogP contribution >= 0.6 is 0 Å². The number of nitrogens with one attached hydrogen (secondary N) is 1. The zero-order chi connectivity index (χ0) is 20.8. The van der Waals surface area contributed by atoms with Crippen LogP contribution in [-0.4, -0.2) is 36.0 Å². The van der Waals surface area contributed by atoms with Crippen LogP contribution in [0.25, 0.3) is 11.3 Å². The number of carbonyl (C=O) groups excluding carboxylic acids is 1. The fourth-order valence-electron chi connectivity index (χ4n) is 3.13. The molecule has 0 aliphatic rings. The molecule has 1 aromatic heterocycles. The summed E-state index contributed by atoms with van der Waals surface area (Å²) in [6, 6.07) is 19.1. The number of nitrogens with zero attached hydrogens (tertiary/aromatic N) is 1. The molecule has 3 aromatic rings. The molecule has 1 amide bonds. The minimum atomic E-state index is -0.378. The van der Waals surface area contributed by atoms with E-state index in [4.69, 9.17) is 4.74 Å². The second kappa shape index (κ2) is 9.24. The molecule has 0 bridgehead atoms. The van der Waals surface area contributed by atoms with Gasteiger partial charge in [-0.1, -0.05) is 42.0 Å². The van der Waals surface area contributed by atoms with Crippen LogP contribution in [0.15, 0.2) is 65.5 Å². The van der Waals surface area contributed by atoms with Gasteiger partial charge < -0.3 is 14.6 Å². The van der Waals surface area contributed by atoms with Crippen molar-refractivity contribution in [3.63, 3.8) is 0 Å². The molecule has 0 saturated heterocycles. The second-order valence-corrected chi connectivity index (χ2v) is 7.18. The molecule has 5 nitrogen and oxygen atoms in total. The lowest BCUT2D eigenvalue weighted by Crippen LogP contribution is -2.33. The lowest BCUT2D eigenvalue weighted by atomic mass is 10.1. The van der Waals surface area contributed by atoms with Crippen LogP contribution in [0.4, 0.5) is 0 Å². The number of carbonyl (C=O) groups is 1. The van der Waals surface area contributed by atoms with Gasteiger partial charge in [-0.25, -0.2) is 0 Å². The van der Waals surface area contributed by atoms with Crippen molar-refractivity contribution in [1.29, 1.82) is 0 Å². The van der Waals surface area contributed by atoms with E-state index in [-0.39, 0.29) is 17.0 Å². The molecule has 2 aromatic carbocycles. The van der Waals surface area contributed by atoms with Gasteiger partial charge in [0.15, 0.2) is 0 Å². The van der Waals surface area contributed by atoms with Crippen LogP contribution in [-0.2, 0) is 0 Å². The smallest absolute Gasteiger partial charge is 0.261 e. The Morgan fingerprint density at radius 1 is 1.03 bits per heavy atom. The quantitative estimate of drug-likeness (QED) is 0.615. The highest BCUT2D eigenvalue weighted by molar-refractivity contribution is 5.93. The maximum Gasteiger partial charge on any atom is 0.261 e. The Morgan fingerprint density at radius 2 is 1.83 bits per heavy atom. The van der Waals surface area contributed by atoms with E-state index in [1.54, 1.807) is 24.1 Å². The number of H-pyrrole nitrogens is 1. The predicted octanol–water partition coefficient (Wildman–Crippen LogP) is 4.20. The largest absolute Gasteiger partial charge is 0.493 e. The van der Waals surface area contributed by atoms with Crippen LogP contribution in [0.5, 0.6) is 5.75 Å². The fraction of sp³-hybridized carbons (Fsp3) is 0.250. The predicted molar refractivity (Wildman–Crippen MR) is 115 cm³/mol. The Balaban J connectivity index is 1.59. The van der Waals surface area contributed by atoms with Crippen molar-refractivity contribution in [2.75, 3.05) is 20.2 Å². The summed E-state index contributed by atoms with van der Waals surface area (Å²) in [5.74, 6) is 0.558. The first-order chi connectivity index (χ1) is 14.0. The zero-order valence-corrected chi connectivity index (χ0v) is 17.1. The molecule has 1 heterocycles. The van der Waals surface area contributed by atoms with Crippen LogP contribution in [0.3, 0.4) is 0 Å². The topological polar surface area (TPSA) is 62.4 Å². The number of rotatable bonds is 7. The lowest BCUT2D eigenvalue weighted by Gasteiger charge is -2.17. The minimum Gasteiger partial charge on any atom is -0.493 e. The zero-order valence-electron chi connectivity index (χ0n) is 17.1. The summed E-state index contributed by atoms with van der Waals surface area (Å²) in [5, 5.41) is 0. The molecule has 0 aliphatic carbocycles. The van der Waals surface area contributed by atoms with Crippen molar-refractivity contribution < 1.29 is 9.53 Å². The third-order valence-electron chi connectivity index (χ3n) is 4.80. The van der Waals surface area contributed by atoms with Crippen molar-refractivity contribution in [1.82, 2.24) is 9.88 Å². The van der Waals surface area contributed by atoms with Crippen LogP contribution in [0.1, 0.15) is 27.9 Å². The van der Waals surface area contributed by atoms with Crippen LogP contribution < -0.4 is 10.3 Å². The van der Waals surface area contributed by atoms with Gasteiger partial charge in [-0.3, -0.25) is 9.59 Å². The number of benzene rings is 2. The van der Waals surface area contributed by atoms with Gasteiger partial charge in [0.1, 0.15) is 11.3 Å². The molecule has 0 saturated carbocycles. The van der Waals surface area contributed by atoms with Crippen molar-refractivity contribution in [3.8, 4) is 17.0 Å². The molecule has 0 unspecified atom stereocenters. The van der Waals surface area contributed by atoms with Gasteiger partial charge in [-0.05, 0) is 55.7 Å². The van der Waals surface area contributed by atoms with Gasteiger partial charge in [0.05, 0.1) is 6.61 Å². The number of aromatic nitrogens is 1. The normalized spacial score (nSPS) is 10.6. The maximum atomic E-state index is 12.7. The van der Waals surface area contributed by atoms with E-state index < -0.39 is 0 Å². The molecule has 0 fully saturated rings. The lowest BCUT2D eigenvalue weighted by molar-refractivity contribution is 0.0786. The third-order valence-corrected chi connectivity index (χ3v) is 4.80. The molecule has 3 rings (SSSR count). The highest BCUT2D eigenvalue weighted by atomic mass is 16.5. The Hall–Kier alpha value is -3.34. The summed E-state index contributed by atoms with van der Waals surface area (Å²) in [6.45, 7) is 5.00. The highest BCUT2D eigenvalue weighted by Gasteiger charge is 2.16. The number of hydrogen-bond donors (Lipinski definition) is 1. The van der Waals surface area contributed by atoms with Crippen LogP contribution in [0.2, 0.25) is 0 Å². The summed E-state index contributed by atoms with van der Waals surface area (Å²) >= 11 is 0. The summed E-state index contributed by atoms with van der Waals surface area (Å²) in [7, 11) is 1.70. The Bertz CT molecular complexity index is 1060. The summed E-state index contributed by atoms with van der Waals surface area (Å²) in [5.41, 5.74) is 3.57. The number of amides is 1. The van der Waals surface area contributed by atoms with E-state index in [0.717, 1.165) is 22.4 Å². The van der Waals surface area contributed by atoms with Gasteiger partial charge in [0.25, 0.3) is 11.5 Å². The molecule has 0 atom stereocenters. The molecular weight excluding hydrogens is 364 g/mol. The molecular formula is C24H26N2O3. The summed E-state index contributed by atoms with van der Waals surface area (Å²) in [6.07, 6.45) is 0.676. The average molecular weight is 390 g/mol. The standard InChI is InChI=1S/C24H26N2O3/c1-17-8-6-10-19(16-17)21-13-12-20(23(27)25-21)24(28)26(3)14-7-15-29-22-11-5-4-9-18(22)2/h4-6,8-13,16H,7,14-15H2,1-3H3,(H,25,27). The molecule has 5 heteroatoms. The summed E-state index contributed by atoms with van der Waals surface area (Å²) < 4.78 is 5.76. The van der Waals surface area contributed by atoms with Gasteiger partial charge in [0, 0.05) is 19.3 Å². The first kappa shape index (κ1) is 20.4. The number of aromatic amines is 1. The van der Waals surface area contributed by atoms with Crippen molar-refractivity contribution in [2.45, 2.75) is 20.3 Å². The van der Waals surface area contributed by atoms with Gasteiger partial charge in [-0.2, -0.15) is 0 Å². The van der Waals surface area contributed by atoms with Gasteiger partial charge in [0.2, 0.25) is 0 Å². The minimum absolute atomic E-state index is 0.142. The Kier molecular flexibility index (Phi) is 6.50. The maximum absolute atomic E-state index is 12.7. The first-order valence-electron chi connectivity index (χ1n) is 9.70. The Labute approximate surface area is 171 Å². The number of ether oxygens (including phenoxy) is 1. The van der Waals surface area contributed by atoms with Crippen molar-refractivity contribution >= 4 is 5.91 Å². The number of aryl methyl sites for hydroxylation is 2. The van der Waals surface area contributed by atoms with Crippen LogP contribution in [0, 0.1) is 13.8 Å². The van der Waals surface area contributed by atoms with E-state index in [0.29, 0.717) is 25.3 Å². The van der Waals surface area contributed by atoms with Crippen molar-refractivity contribution in [2.24, 2.45) is 0 Å². The first-order valence-corrected chi connectivity index (χ1v) is 9.70. The third kappa shape index (κ3) is 5.13. The summed E-state index contributed by atoms with van der Waals surface area (Å²) in [4.78, 5) is 29.5. The molecule has 0 spiro atoms. The van der Waals surface area contributed by atoms with E-state index in [2.05, 4.69) is 4.98 Å². The molecule has 1 N–H and O–H groups in total. The van der Waals surface area contributed by atoms with Crippen molar-refractivity contribution in [3.05, 3.63) is 87.7 Å². The SMILES string of the molecule is Cc1cccc(-c2ccc(C(=O)N(C)CCCOc3ccccc3C)c(=O)[nH]2)c1. The molecule has 29 heavy (non-hydrogen) atoms. The fourth-order valence-corrected chi connectivity index (χ4v) is 3.13. The number of para-hydroxylation sites is 1. The molecule has 0 aliphatic heterocycles.